The molecule has 1 amide bonds. The number of benzene rings is 1. The molecule has 1 heterocycles. The Morgan fingerprint density at radius 3 is 2.55 bits per heavy atom. The van der Waals surface area contributed by atoms with Crippen molar-refractivity contribution in [2.24, 2.45) is 0 Å². The summed E-state index contributed by atoms with van der Waals surface area (Å²) in [4.78, 5) is 11.9. The van der Waals surface area contributed by atoms with Crippen molar-refractivity contribution in [2.75, 3.05) is 26.1 Å². The highest BCUT2D eigenvalue weighted by molar-refractivity contribution is 5.95. The van der Waals surface area contributed by atoms with E-state index in [0.717, 1.165) is 19.4 Å². The molecule has 1 aromatic rings. The molecule has 1 atom stereocenters. The summed E-state index contributed by atoms with van der Waals surface area (Å²) in [6, 6.07) is 2.35. The lowest BCUT2D eigenvalue weighted by Gasteiger charge is -2.14. The second-order valence-electron chi connectivity index (χ2n) is 4.33. The molecule has 1 aromatic carbocycles. The first-order valence-electron chi connectivity index (χ1n) is 6.11. The second kappa shape index (κ2) is 7.31. The van der Waals surface area contributed by atoms with E-state index in [9.17, 15) is 9.18 Å². The maximum Gasteiger partial charge on any atom is 0.241 e. The van der Waals surface area contributed by atoms with Crippen molar-refractivity contribution in [3.05, 3.63) is 17.9 Å². The van der Waals surface area contributed by atoms with Gasteiger partial charge in [0.1, 0.15) is 0 Å². The monoisotopic (exact) mass is 304 g/mol. The molecule has 7 heteroatoms. The van der Waals surface area contributed by atoms with Crippen molar-refractivity contribution in [3.8, 4) is 11.5 Å². The van der Waals surface area contributed by atoms with Crippen LogP contribution in [0.1, 0.15) is 12.8 Å². The lowest BCUT2D eigenvalue weighted by atomic mass is 10.2. The molecular weight excluding hydrogens is 287 g/mol. The van der Waals surface area contributed by atoms with Gasteiger partial charge in [-0.15, -0.1) is 12.4 Å². The Bertz CT molecular complexity index is 479. The van der Waals surface area contributed by atoms with Gasteiger partial charge in [-0.1, -0.05) is 0 Å². The molecular formula is C13H18ClFN2O3. The molecule has 1 aliphatic heterocycles. The Labute approximate surface area is 123 Å². The van der Waals surface area contributed by atoms with Crippen molar-refractivity contribution in [1.29, 1.82) is 0 Å². The topological polar surface area (TPSA) is 59.6 Å². The Morgan fingerprint density at radius 2 is 2.00 bits per heavy atom. The third-order valence-electron chi connectivity index (χ3n) is 3.11. The minimum absolute atomic E-state index is 0. The van der Waals surface area contributed by atoms with Gasteiger partial charge >= 0.3 is 0 Å². The van der Waals surface area contributed by atoms with Crippen molar-refractivity contribution in [2.45, 2.75) is 18.9 Å². The number of hydrogen-bond donors (Lipinski definition) is 2. The zero-order valence-electron chi connectivity index (χ0n) is 11.4. The highest BCUT2D eigenvalue weighted by atomic mass is 35.5. The van der Waals surface area contributed by atoms with Crippen LogP contribution in [-0.2, 0) is 4.79 Å². The largest absolute Gasteiger partial charge is 0.493 e. The molecule has 1 aliphatic rings. The highest BCUT2D eigenvalue weighted by Gasteiger charge is 2.23. The first-order chi connectivity index (χ1) is 9.15. The summed E-state index contributed by atoms with van der Waals surface area (Å²) in [6.07, 6.45) is 1.72. The molecule has 1 unspecified atom stereocenters. The van der Waals surface area contributed by atoms with Gasteiger partial charge in [0, 0.05) is 12.1 Å². The summed E-state index contributed by atoms with van der Waals surface area (Å²) in [5.74, 6) is -0.122. The molecule has 0 spiro atoms. The van der Waals surface area contributed by atoms with Gasteiger partial charge in [0.2, 0.25) is 5.91 Å². The van der Waals surface area contributed by atoms with Gasteiger partial charge in [0.05, 0.1) is 25.9 Å². The lowest BCUT2D eigenvalue weighted by Crippen LogP contribution is -2.35. The fourth-order valence-corrected chi connectivity index (χ4v) is 2.08. The van der Waals surface area contributed by atoms with E-state index in [0.29, 0.717) is 5.75 Å². The van der Waals surface area contributed by atoms with Gasteiger partial charge in [-0.05, 0) is 19.4 Å². The molecule has 112 valence electrons. The van der Waals surface area contributed by atoms with E-state index in [1.54, 1.807) is 0 Å². The standard InChI is InChI=1S/C13H17FN2O3.ClH/c1-18-11-6-8(14)10(7-12(11)19-2)16-13(17)9-4-3-5-15-9;/h6-7,9,15H,3-5H2,1-2H3,(H,16,17);1H. The normalized spacial score (nSPS) is 17.2. The number of halogens is 2. The van der Waals surface area contributed by atoms with Crippen molar-refractivity contribution in [1.82, 2.24) is 5.32 Å². The fraction of sp³-hybridized carbons (Fsp3) is 0.462. The number of carbonyl (C=O) groups excluding carboxylic acids is 1. The van der Waals surface area contributed by atoms with Gasteiger partial charge in [-0.2, -0.15) is 0 Å². The molecule has 1 saturated heterocycles. The van der Waals surface area contributed by atoms with E-state index in [4.69, 9.17) is 9.47 Å². The zero-order chi connectivity index (χ0) is 13.8. The third-order valence-corrected chi connectivity index (χ3v) is 3.11. The maximum absolute atomic E-state index is 13.8. The summed E-state index contributed by atoms with van der Waals surface area (Å²) in [6.45, 7) is 0.812. The van der Waals surface area contributed by atoms with Crippen LogP contribution >= 0.6 is 12.4 Å². The second-order valence-corrected chi connectivity index (χ2v) is 4.33. The van der Waals surface area contributed by atoms with Crippen LogP contribution in [0.5, 0.6) is 11.5 Å². The van der Waals surface area contributed by atoms with E-state index in [1.165, 1.54) is 26.4 Å². The van der Waals surface area contributed by atoms with Crippen LogP contribution in [0.3, 0.4) is 0 Å². The lowest BCUT2D eigenvalue weighted by molar-refractivity contribution is -0.117. The van der Waals surface area contributed by atoms with Crippen molar-refractivity contribution in [3.63, 3.8) is 0 Å². The van der Waals surface area contributed by atoms with Crippen LogP contribution in [0.4, 0.5) is 10.1 Å². The molecule has 0 saturated carbocycles. The number of anilines is 1. The summed E-state index contributed by atoms with van der Waals surface area (Å²) < 4.78 is 23.9. The van der Waals surface area contributed by atoms with Gasteiger partial charge < -0.3 is 20.1 Å². The maximum atomic E-state index is 13.8. The van der Waals surface area contributed by atoms with E-state index < -0.39 is 5.82 Å². The van der Waals surface area contributed by atoms with E-state index in [1.807, 2.05) is 0 Å². The van der Waals surface area contributed by atoms with Crippen molar-refractivity contribution < 1.29 is 18.7 Å². The van der Waals surface area contributed by atoms with Crippen LogP contribution in [0, 0.1) is 5.82 Å². The summed E-state index contributed by atoms with van der Waals surface area (Å²) >= 11 is 0. The molecule has 5 nitrogen and oxygen atoms in total. The van der Waals surface area contributed by atoms with Gasteiger partial charge in [0.25, 0.3) is 0 Å². The molecule has 1 fully saturated rings. The van der Waals surface area contributed by atoms with Crippen LogP contribution in [0.25, 0.3) is 0 Å². The van der Waals surface area contributed by atoms with Crippen LogP contribution in [0.2, 0.25) is 0 Å². The minimum Gasteiger partial charge on any atom is -0.493 e. The molecule has 0 aliphatic carbocycles. The Hall–Kier alpha value is -1.53. The van der Waals surface area contributed by atoms with Gasteiger partial charge in [0.15, 0.2) is 17.3 Å². The fourth-order valence-electron chi connectivity index (χ4n) is 2.08. The summed E-state index contributed by atoms with van der Waals surface area (Å²) in [5.41, 5.74) is 0.0938. The minimum atomic E-state index is -0.552. The number of hydrogen-bond acceptors (Lipinski definition) is 4. The average molecular weight is 305 g/mol. The number of carbonyl (C=O) groups is 1. The number of nitrogens with one attached hydrogen (secondary N) is 2. The number of rotatable bonds is 4. The van der Waals surface area contributed by atoms with E-state index in [2.05, 4.69) is 10.6 Å². The Kier molecular flexibility index (Phi) is 6.04. The molecule has 0 aromatic heterocycles. The Morgan fingerprint density at radius 1 is 1.35 bits per heavy atom. The summed E-state index contributed by atoms with van der Waals surface area (Å²) in [7, 11) is 2.89. The summed E-state index contributed by atoms with van der Waals surface area (Å²) in [5, 5.41) is 5.62. The predicted molar refractivity (Wildman–Crippen MR) is 76.4 cm³/mol. The molecule has 20 heavy (non-hydrogen) atoms. The number of methoxy groups -OCH3 is 2. The highest BCUT2D eigenvalue weighted by Crippen LogP contribution is 2.32. The molecule has 0 bridgehead atoms. The van der Waals surface area contributed by atoms with Crippen LogP contribution in [-0.4, -0.2) is 32.7 Å². The first kappa shape index (κ1) is 16.5. The average Bonchev–Trinajstić information content (AvgIpc) is 2.94. The predicted octanol–water partition coefficient (Wildman–Crippen LogP) is 1.96. The first-order valence-corrected chi connectivity index (χ1v) is 6.11. The Balaban J connectivity index is 0.00000200. The number of amides is 1. The van der Waals surface area contributed by atoms with Crippen molar-refractivity contribution >= 4 is 24.0 Å². The smallest absolute Gasteiger partial charge is 0.241 e. The van der Waals surface area contributed by atoms with Crippen LogP contribution < -0.4 is 20.1 Å². The quantitative estimate of drug-likeness (QED) is 0.893. The van der Waals surface area contributed by atoms with Gasteiger partial charge in [-0.25, -0.2) is 4.39 Å². The molecule has 2 N–H and O–H groups in total. The zero-order valence-corrected chi connectivity index (χ0v) is 12.2. The SMILES string of the molecule is COc1cc(F)c(NC(=O)C2CCCN2)cc1OC.Cl. The third kappa shape index (κ3) is 3.52. The molecule has 2 rings (SSSR count). The van der Waals surface area contributed by atoms with E-state index >= 15 is 0 Å². The number of ether oxygens (including phenoxy) is 2. The van der Waals surface area contributed by atoms with Crippen LogP contribution in [0.15, 0.2) is 12.1 Å². The molecule has 0 radical (unpaired) electrons. The van der Waals surface area contributed by atoms with Gasteiger partial charge in [-0.3, -0.25) is 4.79 Å². The van der Waals surface area contributed by atoms with E-state index in [-0.39, 0.29) is 35.8 Å².